The second-order valence-corrected chi connectivity index (χ2v) is 7.82. The van der Waals surface area contributed by atoms with Gasteiger partial charge in [0.2, 0.25) is 11.8 Å². The summed E-state index contributed by atoms with van der Waals surface area (Å²) >= 11 is 0. The van der Waals surface area contributed by atoms with E-state index in [-0.39, 0.29) is 36.4 Å². The number of hydrogen-bond donors (Lipinski definition) is 0. The normalized spacial score (nSPS) is 21.0. The zero-order valence-corrected chi connectivity index (χ0v) is 17.9. The fourth-order valence-electron chi connectivity index (χ4n) is 4.08. The first kappa shape index (κ1) is 22.5. The summed E-state index contributed by atoms with van der Waals surface area (Å²) in [5.74, 6) is 0.442. The third-order valence-electron chi connectivity index (χ3n) is 5.89. The van der Waals surface area contributed by atoms with Crippen LogP contribution >= 0.6 is 0 Å². The molecule has 0 saturated carbocycles. The van der Waals surface area contributed by atoms with E-state index < -0.39 is 0 Å². The Balaban J connectivity index is 1.46. The van der Waals surface area contributed by atoms with Crippen molar-refractivity contribution in [1.82, 2.24) is 14.7 Å². The Hall–Kier alpha value is -2.19. The zero-order chi connectivity index (χ0) is 21.5. The van der Waals surface area contributed by atoms with Gasteiger partial charge in [-0.3, -0.25) is 14.5 Å². The maximum absolute atomic E-state index is 13.0. The van der Waals surface area contributed by atoms with E-state index in [2.05, 4.69) is 4.90 Å². The summed E-state index contributed by atoms with van der Waals surface area (Å²) in [6.45, 7) is 8.36. The quantitative estimate of drug-likeness (QED) is 0.640. The predicted molar refractivity (Wildman–Crippen MR) is 111 cm³/mol. The summed E-state index contributed by atoms with van der Waals surface area (Å²) in [6.07, 6.45) is 1.49. The van der Waals surface area contributed by atoms with Gasteiger partial charge in [-0.15, -0.1) is 0 Å². The third kappa shape index (κ3) is 5.92. The first-order valence-corrected chi connectivity index (χ1v) is 10.8. The van der Waals surface area contributed by atoms with Gasteiger partial charge in [-0.1, -0.05) is 0 Å². The molecule has 0 aliphatic carbocycles. The minimum Gasteiger partial charge on any atom is -0.491 e. The molecule has 0 radical (unpaired) electrons. The predicted octanol–water partition coefficient (Wildman–Crippen LogP) is 1.76. The molecule has 7 nitrogen and oxygen atoms in total. The lowest BCUT2D eigenvalue weighted by Gasteiger charge is -2.42. The summed E-state index contributed by atoms with van der Waals surface area (Å²) in [5, 5.41) is 0. The number of carbonyl (C=O) groups is 2. The molecular weight excluding hydrogens is 389 g/mol. The van der Waals surface area contributed by atoms with Crippen molar-refractivity contribution in [2.24, 2.45) is 0 Å². The lowest BCUT2D eigenvalue weighted by Crippen LogP contribution is -2.56. The Kier molecular flexibility index (Phi) is 8.04. The number of likely N-dealkylation sites (N-methyl/N-ethyl adjacent to an activating group) is 1. The molecule has 0 N–H and O–H groups in total. The molecule has 30 heavy (non-hydrogen) atoms. The van der Waals surface area contributed by atoms with E-state index in [9.17, 15) is 14.0 Å². The number of ether oxygens (including phenoxy) is 2. The van der Waals surface area contributed by atoms with Gasteiger partial charge >= 0.3 is 0 Å². The summed E-state index contributed by atoms with van der Waals surface area (Å²) in [7, 11) is 0. The SMILES string of the molecule is CCN(CC)C(=O)CN1CCC(N2C[C@H](COc3ccc(F)cc3)OCC2=O)CC1. The molecule has 2 aliphatic heterocycles. The first-order valence-electron chi connectivity index (χ1n) is 10.8. The smallest absolute Gasteiger partial charge is 0.248 e. The van der Waals surface area contributed by atoms with Gasteiger partial charge in [0, 0.05) is 32.2 Å². The lowest BCUT2D eigenvalue weighted by atomic mass is 10.0. The van der Waals surface area contributed by atoms with E-state index in [0.29, 0.717) is 25.4 Å². The highest BCUT2D eigenvalue weighted by atomic mass is 19.1. The van der Waals surface area contributed by atoms with E-state index in [1.54, 1.807) is 12.1 Å². The standard InChI is InChI=1S/C22H32FN3O4/c1-3-25(4-2)21(27)14-24-11-9-18(10-12-24)26-13-20(30-16-22(26)28)15-29-19-7-5-17(23)6-8-19/h5-8,18,20H,3-4,9-16H2,1-2H3/t20-/m1/s1. The molecule has 0 bridgehead atoms. The van der Waals surface area contributed by atoms with Crippen molar-refractivity contribution < 1.29 is 23.5 Å². The molecule has 0 unspecified atom stereocenters. The van der Waals surface area contributed by atoms with Crippen molar-refractivity contribution in [2.45, 2.75) is 38.8 Å². The van der Waals surface area contributed by atoms with E-state index >= 15 is 0 Å². The van der Waals surface area contributed by atoms with Crippen molar-refractivity contribution in [3.63, 3.8) is 0 Å². The lowest BCUT2D eigenvalue weighted by molar-refractivity contribution is -0.155. The number of hydrogen-bond acceptors (Lipinski definition) is 5. The largest absolute Gasteiger partial charge is 0.491 e. The zero-order valence-electron chi connectivity index (χ0n) is 17.9. The molecule has 2 fully saturated rings. The minimum absolute atomic E-state index is 0.00528. The van der Waals surface area contributed by atoms with E-state index in [1.807, 2.05) is 23.6 Å². The molecule has 1 atom stereocenters. The number of carbonyl (C=O) groups excluding carboxylic acids is 2. The molecule has 2 saturated heterocycles. The Morgan fingerprint density at radius 3 is 2.50 bits per heavy atom. The van der Waals surface area contributed by atoms with Crippen molar-refractivity contribution in [3.8, 4) is 5.75 Å². The summed E-state index contributed by atoms with van der Waals surface area (Å²) in [5.41, 5.74) is 0. The maximum Gasteiger partial charge on any atom is 0.248 e. The third-order valence-corrected chi connectivity index (χ3v) is 5.89. The first-order chi connectivity index (χ1) is 14.5. The number of rotatable bonds is 8. The minimum atomic E-state index is -0.307. The molecule has 2 heterocycles. The molecule has 2 amide bonds. The monoisotopic (exact) mass is 421 g/mol. The van der Waals surface area contributed by atoms with Crippen LogP contribution in [0, 0.1) is 5.82 Å². The van der Waals surface area contributed by atoms with Crippen molar-refractivity contribution in [1.29, 1.82) is 0 Å². The van der Waals surface area contributed by atoms with Crippen molar-refractivity contribution in [3.05, 3.63) is 30.1 Å². The van der Waals surface area contributed by atoms with Gasteiger partial charge in [0.15, 0.2) is 0 Å². The van der Waals surface area contributed by atoms with Gasteiger partial charge in [-0.2, -0.15) is 0 Å². The Morgan fingerprint density at radius 1 is 1.20 bits per heavy atom. The number of benzene rings is 1. The molecule has 3 rings (SSSR count). The molecule has 1 aromatic rings. The van der Waals surface area contributed by atoms with Crippen LogP contribution < -0.4 is 4.74 Å². The molecule has 0 spiro atoms. The fourth-order valence-corrected chi connectivity index (χ4v) is 4.08. The van der Waals surface area contributed by atoms with Gasteiger partial charge in [-0.25, -0.2) is 4.39 Å². The highest BCUT2D eigenvalue weighted by Crippen LogP contribution is 2.21. The summed E-state index contributed by atoms with van der Waals surface area (Å²) in [4.78, 5) is 30.7. The number of morpholine rings is 1. The van der Waals surface area contributed by atoms with Gasteiger partial charge < -0.3 is 19.3 Å². The van der Waals surface area contributed by atoms with Crippen LogP contribution in [0.25, 0.3) is 0 Å². The van der Waals surface area contributed by atoms with Crippen LogP contribution in [0.1, 0.15) is 26.7 Å². The number of nitrogens with zero attached hydrogens (tertiary/aromatic N) is 3. The van der Waals surface area contributed by atoms with Crippen LogP contribution in [0.3, 0.4) is 0 Å². The highest BCUT2D eigenvalue weighted by Gasteiger charge is 2.34. The average molecular weight is 422 g/mol. The average Bonchev–Trinajstić information content (AvgIpc) is 2.76. The number of amides is 2. The van der Waals surface area contributed by atoms with Gasteiger partial charge in [0.05, 0.1) is 13.1 Å². The van der Waals surface area contributed by atoms with Crippen molar-refractivity contribution in [2.75, 3.05) is 52.5 Å². The fraction of sp³-hybridized carbons (Fsp3) is 0.636. The number of piperidine rings is 1. The van der Waals surface area contributed by atoms with Crippen LogP contribution in [0.15, 0.2) is 24.3 Å². The molecular formula is C22H32FN3O4. The van der Waals surface area contributed by atoms with E-state index in [0.717, 1.165) is 39.0 Å². The molecule has 0 aromatic heterocycles. The molecule has 2 aliphatic rings. The van der Waals surface area contributed by atoms with E-state index in [4.69, 9.17) is 9.47 Å². The van der Waals surface area contributed by atoms with Crippen LogP contribution in [0.4, 0.5) is 4.39 Å². The van der Waals surface area contributed by atoms with Gasteiger partial charge in [-0.05, 0) is 51.0 Å². The number of halogens is 1. The summed E-state index contributed by atoms with van der Waals surface area (Å²) < 4.78 is 24.3. The molecule has 166 valence electrons. The molecule has 8 heteroatoms. The highest BCUT2D eigenvalue weighted by molar-refractivity contribution is 5.79. The van der Waals surface area contributed by atoms with Gasteiger partial charge in [0.25, 0.3) is 0 Å². The van der Waals surface area contributed by atoms with Crippen molar-refractivity contribution >= 4 is 11.8 Å². The van der Waals surface area contributed by atoms with E-state index in [1.165, 1.54) is 12.1 Å². The van der Waals surface area contributed by atoms with Crippen LogP contribution in [-0.4, -0.2) is 91.1 Å². The Morgan fingerprint density at radius 2 is 1.87 bits per heavy atom. The van der Waals surface area contributed by atoms with Crippen LogP contribution in [0.2, 0.25) is 0 Å². The van der Waals surface area contributed by atoms with Crippen LogP contribution in [0.5, 0.6) is 5.75 Å². The molecule has 1 aromatic carbocycles. The topological polar surface area (TPSA) is 62.3 Å². The second kappa shape index (κ2) is 10.7. The maximum atomic E-state index is 13.0. The van der Waals surface area contributed by atoms with Gasteiger partial charge in [0.1, 0.15) is 30.9 Å². The Labute approximate surface area is 177 Å². The summed E-state index contributed by atoms with van der Waals surface area (Å²) in [6, 6.07) is 6.03. The number of likely N-dealkylation sites (tertiary alicyclic amines) is 1. The Bertz CT molecular complexity index is 703. The second-order valence-electron chi connectivity index (χ2n) is 7.82. The van der Waals surface area contributed by atoms with Crippen LogP contribution in [-0.2, 0) is 14.3 Å².